The summed E-state index contributed by atoms with van der Waals surface area (Å²) in [7, 11) is 0. The van der Waals surface area contributed by atoms with E-state index in [0.29, 0.717) is 12.1 Å². The number of anilines is 1. The van der Waals surface area contributed by atoms with Gasteiger partial charge in [0.05, 0.1) is 5.69 Å². The number of carbonyl (C=O) groups is 2. The van der Waals surface area contributed by atoms with Gasteiger partial charge in [-0.3, -0.25) is 0 Å². The molecule has 2 amide bonds. The van der Waals surface area contributed by atoms with E-state index < -0.39 is 18.0 Å². The van der Waals surface area contributed by atoms with Gasteiger partial charge >= 0.3 is 12.0 Å². The number of carboxylic acids is 1. The topological polar surface area (TPSA) is 78.4 Å². The smallest absolute Gasteiger partial charge is 0.326 e. The number of hydrogen-bond acceptors (Lipinski definition) is 2. The fourth-order valence-electron chi connectivity index (χ4n) is 1.99. The molecular weight excluding hydrogens is 256 g/mol. The summed E-state index contributed by atoms with van der Waals surface area (Å²) in [6.07, 6.45) is 0.332. The molecule has 2 rings (SSSR count). The summed E-state index contributed by atoms with van der Waals surface area (Å²) in [5.74, 6) is -1.04. The van der Waals surface area contributed by atoms with Gasteiger partial charge in [-0.25, -0.2) is 9.59 Å². The lowest BCUT2D eigenvalue weighted by molar-refractivity contribution is -0.139. The van der Waals surface area contributed by atoms with Crippen molar-refractivity contribution >= 4 is 28.5 Å². The lowest BCUT2D eigenvalue weighted by Gasteiger charge is -2.14. The molecule has 0 radical (unpaired) electrons. The Bertz CT molecular complexity index is 635. The predicted octanol–water partition coefficient (Wildman–Crippen LogP) is 2.82. The molecule has 0 aliphatic carbocycles. The molecule has 5 nitrogen and oxygen atoms in total. The lowest BCUT2D eigenvalue weighted by Crippen LogP contribution is -2.42. The zero-order valence-corrected chi connectivity index (χ0v) is 11.1. The number of fused-ring (bicyclic) bond motifs is 1. The molecule has 3 N–H and O–H groups in total. The number of carboxylic acid groups (broad SMARTS) is 1. The summed E-state index contributed by atoms with van der Waals surface area (Å²) < 4.78 is 0. The molecule has 104 valence electrons. The number of nitrogens with one attached hydrogen (secondary N) is 2. The monoisotopic (exact) mass is 272 g/mol. The second-order valence-corrected chi connectivity index (χ2v) is 4.42. The van der Waals surface area contributed by atoms with Crippen LogP contribution >= 0.6 is 0 Å². The molecule has 5 heteroatoms. The van der Waals surface area contributed by atoms with Gasteiger partial charge in [0.25, 0.3) is 0 Å². The van der Waals surface area contributed by atoms with Crippen LogP contribution < -0.4 is 10.6 Å². The largest absolute Gasteiger partial charge is 0.480 e. The van der Waals surface area contributed by atoms with Crippen molar-refractivity contribution in [2.24, 2.45) is 0 Å². The van der Waals surface area contributed by atoms with Crippen LogP contribution in [-0.4, -0.2) is 23.1 Å². The van der Waals surface area contributed by atoms with Crippen molar-refractivity contribution in [1.82, 2.24) is 5.32 Å². The summed E-state index contributed by atoms with van der Waals surface area (Å²) in [4.78, 5) is 22.7. The first-order valence-corrected chi connectivity index (χ1v) is 6.40. The van der Waals surface area contributed by atoms with Gasteiger partial charge in [-0.2, -0.15) is 0 Å². The van der Waals surface area contributed by atoms with Crippen LogP contribution in [0.3, 0.4) is 0 Å². The number of hydrogen-bond donors (Lipinski definition) is 3. The maximum absolute atomic E-state index is 11.8. The van der Waals surface area contributed by atoms with Crippen LogP contribution in [0.15, 0.2) is 42.5 Å². The molecule has 2 aromatic carbocycles. The average Bonchev–Trinajstić information content (AvgIpc) is 2.45. The normalized spacial score (nSPS) is 11.8. The molecule has 0 saturated heterocycles. The molecule has 2 aromatic rings. The number of rotatable bonds is 4. The third kappa shape index (κ3) is 3.06. The van der Waals surface area contributed by atoms with Gasteiger partial charge in [-0.1, -0.05) is 43.3 Å². The number of amides is 2. The minimum absolute atomic E-state index is 0.332. The Morgan fingerprint density at radius 3 is 2.55 bits per heavy atom. The van der Waals surface area contributed by atoms with E-state index in [9.17, 15) is 9.59 Å². The van der Waals surface area contributed by atoms with Gasteiger partial charge in [0.2, 0.25) is 0 Å². The highest BCUT2D eigenvalue weighted by Gasteiger charge is 2.17. The Morgan fingerprint density at radius 2 is 1.85 bits per heavy atom. The number of carbonyl (C=O) groups excluding carboxylic acids is 1. The van der Waals surface area contributed by atoms with Crippen LogP contribution in [0.4, 0.5) is 10.5 Å². The number of benzene rings is 2. The number of urea groups is 1. The average molecular weight is 272 g/mol. The van der Waals surface area contributed by atoms with Gasteiger partial charge < -0.3 is 15.7 Å². The van der Waals surface area contributed by atoms with Crippen molar-refractivity contribution in [2.45, 2.75) is 19.4 Å². The van der Waals surface area contributed by atoms with Gasteiger partial charge in [0.1, 0.15) is 6.04 Å². The molecule has 0 saturated carbocycles. The minimum atomic E-state index is -1.04. The van der Waals surface area contributed by atoms with Crippen molar-refractivity contribution in [3.05, 3.63) is 42.5 Å². The molecular formula is C15H16N2O3. The predicted molar refractivity (Wildman–Crippen MR) is 77.8 cm³/mol. The standard InChI is InChI=1S/C15H16N2O3/c1-2-12(14(18)19)16-15(20)17-13-9-5-7-10-6-3-4-8-11(10)13/h3-9,12H,2H2,1H3,(H,18,19)(H2,16,17,20)/t12-/m0/s1. The highest BCUT2D eigenvalue weighted by Crippen LogP contribution is 2.22. The lowest BCUT2D eigenvalue weighted by atomic mass is 10.1. The van der Waals surface area contributed by atoms with Gasteiger partial charge in [-0.15, -0.1) is 0 Å². The molecule has 0 bridgehead atoms. The van der Waals surface area contributed by atoms with E-state index in [-0.39, 0.29) is 0 Å². The fraction of sp³-hybridized carbons (Fsp3) is 0.200. The molecule has 0 fully saturated rings. The van der Waals surface area contributed by atoms with Crippen molar-refractivity contribution in [2.75, 3.05) is 5.32 Å². The van der Waals surface area contributed by atoms with Gasteiger partial charge in [0.15, 0.2) is 0 Å². The molecule has 1 atom stereocenters. The maximum Gasteiger partial charge on any atom is 0.326 e. The minimum Gasteiger partial charge on any atom is -0.480 e. The second kappa shape index (κ2) is 6.06. The summed E-state index contributed by atoms with van der Waals surface area (Å²) >= 11 is 0. The Hall–Kier alpha value is -2.56. The highest BCUT2D eigenvalue weighted by molar-refractivity contribution is 6.02. The van der Waals surface area contributed by atoms with Gasteiger partial charge in [0, 0.05) is 5.39 Å². The Kier molecular flexibility index (Phi) is 4.20. The number of aliphatic carboxylic acids is 1. The van der Waals surface area contributed by atoms with E-state index in [1.165, 1.54) is 0 Å². The molecule has 0 aliphatic heterocycles. The van der Waals surface area contributed by atoms with E-state index in [0.717, 1.165) is 10.8 Å². The van der Waals surface area contributed by atoms with Crippen molar-refractivity contribution < 1.29 is 14.7 Å². The van der Waals surface area contributed by atoms with Crippen molar-refractivity contribution in [3.63, 3.8) is 0 Å². The van der Waals surface area contributed by atoms with Crippen molar-refractivity contribution in [3.8, 4) is 0 Å². The quantitative estimate of drug-likeness (QED) is 0.800. The first-order chi connectivity index (χ1) is 9.61. The van der Waals surface area contributed by atoms with E-state index in [1.54, 1.807) is 13.0 Å². The van der Waals surface area contributed by atoms with Crippen LogP contribution in [-0.2, 0) is 4.79 Å². The second-order valence-electron chi connectivity index (χ2n) is 4.42. The van der Waals surface area contributed by atoms with Crippen LogP contribution in [0.1, 0.15) is 13.3 Å². The summed E-state index contributed by atoms with van der Waals surface area (Å²) in [6.45, 7) is 1.71. The van der Waals surface area contributed by atoms with Gasteiger partial charge in [-0.05, 0) is 17.9 Å². The van der Waals surface area contributed by atoms with Crippen molar-refractivity contribution in [1.29, 1.82) is 0 Å². The third-order valence-corrected chi connectivity index (χ3v) is 3.05. The van der Waals surface area contributed by atoms with E-state index >= 15 is 0 Å². The van der Waals surface area contributed by atoms with E-state index in [4.69, 9.17) is 5.11 Å². The zero-order chi connectivity index (χ0) is 14.5. The Morgan fingerprint density at radius 1 is 1.15 bits per heavy atom. The Balaban J connectivity index is 2.16. The molecule has 0 unspecified atom stereocenters. The fourth-order valence-corrected chi connectivity index (χ4v) is 1.99. The summed E-state index contributed by atoms with van der Waals surface area (Å²) in [5.41, 5.74) is 0.654. The highest BCUT2D eigenvalue weighted by atomic mass is 16.4. The first-order valence-electron chi connectivity index (χ1n) is 6.40. The maximum atomic E-state index is 11.8. The van der Waals surface area contributed by atoms with Crippen LogP contribution in [0.5, 0.6) is 0 Å². The van der Waals surface area contributed by atoms with Crippen LogP contribution in [0.25, 0.3) is 10.8 Å². The molecule has 0 heterocycles. The summed E-state index contributed by atoms with van der Waals surface area (Å²) in [5, 5.41) is 16.0. The van der Waals surface area contributed by atoms with E-state index in [2.05, 4.69) is 10.6 Å². The molecule has 0 aliphatic rings. The summed E-state index contributed by atoms with van der Waals surface area (Å²) in [6, 6.07) is 11.8. The van der Waals surface area contributed by atoms with Crippen LogP contribution in [0.2, 0.25) is 0 Å². The Labute approximate surface area is 116 Å². The SMILES string of the molecule is CC[C@H](NC(=O)Nc1cccc2ccccc12)C(=O)O. The third-order valence-electron chi connectivity index (χ3n) is 3.05. The zero-order valence-electron chi connectivity index (χ0n) is 11.1. The molecule has 0 spiro atoms. The first kappa shape index (κ1) is 13.9. The van der Waals surface area contributed by atoms with Crippen LogP contribution in [0, 0.1) is 0 Å². The van der Waals surface area contributed by atoms with E-state index in [1.807, 2.05) is 36.4 Å². The molecule has 0 aromatic heterocycles. The molecule has 20 heavy (non-hydrogen) atoms.